The topological polar surface area (TPSA) is 26.8 Å². The predicted octanol–water partition coefficient (Wildman–Crippen LogP) is 2.38. The summed E-state index contributed by atoms with van der Waals surface area (Å²) in [6, 6.07) is 5.25. The summed E-state index contributed by atoms with van der Waals surface area (Å²) in [5, 5.41) is 0. The molecular weight excluding hydrogens is 305 g/mol. The van der Waals surface area contributed by atoms with Crippen molar-refractivity contribution in [2.24, 2.45) is 0 Å². The van der Waals surface area contributed by atoms with E-state index in [1.807, 2.05) is 4.90 Å². The van der Waals surface area contributed by atoms with Gasteiger partial charge in [-0.2, -0.15) is 0 Å². The van der Waals surface area contributed by atoms with E-state index in [4.69, 9.17) is 0 Å². The van der Waals surface area contributed by atoms with E-state index < -0.39 is 0 Å². The van der Waals surface area contributed by atoms with Crippen LogP contribution in [0.3, 0.4) is 0 Å². The fourth-order valence-electron chi connectivity index (χ4n) is 3.70. The summed E-state index contributed by atoms with van der Waals surface area (Å²) < 4.78 is 13.8. The highest BCUT2D eigenvalue weighted by molar-refractivity contribution is 5.94. The Hall–Kier alpha value is -1.46. The van der Waals surface area contributed by atoms with E-state index in [2.05, 4.69) is 16.8 Å². The van der Waals surface area contributed by atoms with Gasteiger partial charge in [0, 0.05) is 50.9 Å². The van der Waals surface area contributed by atoms with Crippen LogP contribution in [-0.2, 0) is 0 Å². The van der Waals surface area contributed by atoms with Crippen LogP contribution in [0, 0.1) is 12.7 Å². The lowest BCUT2D eigenvalue weighted by molar-refractivity contribution is 0.0631. The summed E-state index contributed by atoms with van der Waals surface area (Å²) in [4.78, 5) is 19.6. The molecular formula is C19H28FN3O. The largest absolute Gasteiger partial charge is 0.337 e. The molecule has 5 heteroatoms. The highest BCUT2D eigenvalue weighted by Crippen LogP contribution is 2.20. The number of likely N-dealkylation sites (tertiary alicyclic amines) is 1. The van der Waals surface area contributed by atoms with Crippen molar-refractivity contribution in [3.63, 3.8) is 0 Å². The molecule has 0 aromatic heterocycles. The fraction of sp³-hybridized carbons (Fsp3) is 0.632. The molecule has 0 bridgehead atoms. The maximum atomic E-state index is 13.8. The smallest absolute Gasteiger partial charge is 0.254 e. The molecule has 3 rings (SSSR count). The van der Waals surface area contributed by atoms with Gasteiger partial charge in [0.15, 0.2) is 0 Å². The third kappa shape index (κ3) is 3.95. The van der Waals surface area contributed by atoms with Crippen LogP contribution in [0.25, 0.3) is 0 Å². The second-order valence-electron chi connectivity index (χ2n) is 7.20. The standard InChI is InChI=1S/C19H28FN3O/c1-15-6-7-16(13-18(15)20)19(24)23-8-4-3-5-17(14-23)22-11-9-21(2)10-12-22/h6-7,13,17H,3-5,8-12,14H2,1-2H3/t17-/m1/s1. The number of aryl methyl sites for hydroxylation is 1. The Kier molecular flexibility index (Phi) is 5.51. The molecule has 0 aliphatic carbocycles. The first-order valence-corrected chi connectivity index (χ1v) is 9.02. The number of rotatable bonds is 2. The number of hydrogen-bond donors (Lipinski definition) is 0. The summed E-state index contributed by atoms with van der Waals surface area (Å²) in [6.45, 7) is 7.58. The van der Waals surface area contributed by atoms with Crippen molar-refractivity contribution in [2.45, 2.75) is 32.2 Å². The molecule has 2 heterocycles. The van der Waals surface area contributed by atoms with E-state index in [9.17, 15) is 9.18 Å². The molecule has 1 aromatic carbocycles. The average Bonchev–Trinajstić information content (AvgIpc) is 2.83. The molecule has 4 nitrogen and oxygen atoms in total. The Labute approximate surface area is 144 Å². The van der Waals surface area contributed by atoms with Crippen LogP contribution in [0.2, 0.25) is 0 Å². The molecule has 2 aliphatic heterocycles. The lowest BCUT2D eigenvalue weighted by Gasteiger charge is -2.39. The van der Waals surface area contributed by atoms with E-state index in [1.165, 1.54) is 6.07 Å². The Morgan fingerprint density at radius 3 is 2.58 bits per heavy atom. The fourth-order valence-corrected chi connectivity index (χ4v) is 3.70. The van der Waals surface area contributed by atoms with Gasteiger partial charge >= 0.3 is 0 Å². The SMILES string of the molecule is Cc1ccc(C(=O)N2CCCC[C@@H](N3CCN(C)CC3)C2)cc1F. The Bertz CT molecular complexity index is 584. The summed E-state index contributed by atoms with van der Waals surface area (Å²) in [5.41, 5.74) is 1.05. The lowest BCUT2D eigenvalue weighted by Crippen LogP contribution is -2.52. The van der Waals surface area contributed by atoms with Gasteiger partial charge in [0.1, 0.15) is 5.82 Å². The molecule has 2 saturated heterocycles. The van der Waals surface area contributed by atoms with Crippen molar-refractivity contribution in [3.8, 4) is 0 Å². The molecule has 0 saturated carbocycles. The molecule has 0 unspecified atom stereocenters. The summed E-state index contributed by atoms with van der Waals surface area (Å²) >= 11 is 0. The number of benzene rings is 1. The molecule has 1 atom stereocenters. The first kappa shape index (κ1) is 17.4. The quantitative estimate of drug-likeness (QED) is 0.831. The minimum absolute atomic E-state index is 0.0325. The predicted molar refractivity (Wildman–Crippen MR) is 93.7 cm³/mol. The Balaban J connectivity index is 1.69. The zero-order valence-electron chi connectivity index (χ0n) is 14.8. The molecule has 0 radical (unpaired) electrons. The first-order valence-electron chi connectivity index (χ1n) is 9.02. The van der Waals surface area contributed by atoms with Gasteiger partial charge in [-0.3, -0.25) is 9.69 Å². The van der Waals surface area contributed by atoms with Crippen LogP contribution < -0.4 is 0 Å². The second kappa shape index (κ2) is 7.62. The van der Waals surface area contributed by atoms with Crippen LogP contribution >= 0.6 is 0 Å². The number of likely N-dealkylation sites (N-methyl/N-ethyl adjacent to an activating group) is 1. The molecule has 1 amide bonds. The van der Waals surface area contributed by atoms with Gasteiger partial charge in [0.2, 0.25) is 0 Å². The molecule has 1 aromatic rings. The Morgan fingerprint density at radius 1 is 1.12 bits per heavy atom. The number of nitrogens with zero attached hydrogens (tertiary/aromatic N) is 3. The number of amides is 1. The zero-order chi connectivity index (χ0) is 17.1. The van der Waals surface area contributed by atoms with E-state index in [0.29, 0.717) is 17.2 Å². The van der Waals surface area contributed by atoms with Gasteiger partial charge in [0.05, 0.1) is 0 Å². The minimum Gasteiger partial charge on any atom is -0.337 e. The van der Waals surface area contributed by atoms with Crippen molar-refractivity contribution in [2.75, 3.05) is 46.3 Å². The van der Waals surface area contributed by atoms with Gasteiger partial charge in [-0.1, -0.05) is 12.5 Å². The Morgan fingerprint density at radius 2 is 1.88 bits per heavy atom. The highest BCUT2D eigenvalue weighted by Gasteiger charge is 2.28. The maximum Gasteiger partial charge on any atom is 0.254 e. The van der Waals surface area contributed by atoms with Crippen molar-refractivity contribution in [1.29, 1.82) is 0 Å². The number of piperazine rings is 1. The molecule has 2 aliphatic rings. The van der Waals surface area contributed by atoms with Gasteiger partial charge in [0.25, 0.3) is 5.91 Å². The third-order valence-electron chi connectivity index (χ3n) is 5.41. The summed E-state index contributed by atoms with van der Waals surface area (Å²) in [7, 11) is 2.16. The third-order valence-corrected chi connectivity index (χ3v) is 5.41. The average molecular weight is 333 g/mol. The summed E-state index contributed by atoms with van der Waals surface area (Å²) in [6.07, 6.45) is 3.34. The van der Waals surface area contributed by atoms with Crippen molar-refractivity contribution >= 4 is 5.91 Å². The van der Waals surface area contributed by atoms with E-state index in [0.717, 1.165) is 58.5 Å². The van der Waals surface area contributed by atoms with Crippen LogP contribution in [0.1, 0.15) is 35.2 Å². The lowest BCUT2D eigenvalue weighted by atomic mass is 10.1. The normalized spacial score (nSPS) is 24.0. The zero-order valence-corrected chi connectivity index (χ0v) is 14.8. The number of carbonyl (C=O) groups is 1. The van der Waals surface area contributed by atoms with Gasteiger partial charge in [-0.25, -0.2) is 4.39 Å². The van der Waals surface area contributed by atoms with Crippen LogP contribution in [0.5, 0.6) is 0 Å². The monoisotopic (exact) mass is 333 g/mol. The highest BCUT2D eigenvalue weighted by atomic mass is 19.1. The van der Waals surface area contributed by atoms with E-state index in [-0.39, 0.29) is 11.7 Å². The molecule has 2 fully saturated rings. The van der Waals surface area contributed by atoms with Crippen LogP contribution in [0.4, 0.5) is 4.39 Å². The van der Waals surface area contributed by atoms with E-state index in [1.54, 1.807) is 19.1 Å². The second-order valence-corrected chi connectivity index (χ2v) is 7.20. The number of halogens is 1. The molecule has 0 N–H and O–H groups in total. The minimum atomic E-state index is -0.300. The van der Waals surface area contributed by atoms with Crippen LogP contribution in [0.15, 0.2) is 18.2 Å². The van der Waals surface area contributed by atoms with Gasteiger partial charge in [-0.05, 0) is 44.5 Å². The molecule has 132 valence electrons. The van der Waals surface area contributed by atoms with Crippen LogP contribution in [-0.4, -0.2) is 73.0 Å². The van der Waals surface area contributed by atoms with E-state index >= 15 is 0 Å². The maximum absolute atomic E-state index is 13.8. The van der Waals surface area contributed by atoms with Gasteiger partial charge < -0.3 is 9.80 Å². The first-order chi connectivity index (χ1) is 11.5. The molecule has 24 heavy (non-hydrogen) atoms. The van der Waals surface area contributed by atoms with Crippen molar-refractivity contribution in [3.05, 3.63) is 35.1 Å². The van der Waals surface area contributed by atoms with Crippen molar-refractivity contribution in [1.82, 2.24) is 14.7 Å². The molecule has 0 spiro atoms. The number of hydrogen-bond acceptors (Lipinski definition) is 3. The van der Waals surface area contributed by atoms with Gasteiger partial charge in [-0.15, -0.1) is 0 Å². The number of carbonyl (C=O) groups excluding carboxylic acids is 1. The van der Waals surface area contributed by atoms with Crippen molar-refractivity contribution < 1.29 is 9.18 Å². The summed E-state index contributed by atoms with van der Waals surface area (Å²) in [5.74, 6) is -0.332.